The Morgan fingerprint density at radius 1 is 1.10 bits per heavy atom. The molecule has 0 N–H and O–H groups in total. The monoisotopic (exact) mass is 401 g/mol. The predicted octanol–water partition coefficient (Wildman–Crippen LogP) is 5.09. The summed E-state index contributed by atoms with van der Waals surface area (Å²) in [6, 6.07) is 14.4. The molecule has 4 bridgehead atoms. The SMILES string of the molecule is CC(C)(C)OC(=O)N1[C@@H]2CC[C@H]1[C@@H]1CC=C[C@@H](c3ccccc3)[C@H]2C1=C(C#N)C#N. The minimum absolute atomic E-state index is 0.0110. The Morgan fingerprint density at radius 2 is 1.77 bits per heavy atom. The maximum absolute atomic E-state index is 13.2. The molecule has 0 radical (unpaired) electrons. The van der Waals surface area contributed by atoms with E-state index in [-0.39, 0.29) is 41.5 Å². The van der Waals surface area contributed by atoms with Gasteiger partial charge in [0, 0.05) is 29.8 Å². The molecule has 0 saturated carbocycles. The summed E-state index contributed by atoms with van der Waals surface area (Å²) in [7, 11) is 0. The molecule has 1 aromatic carbocycles. The van der Waals surface area contributed by atoms with Gasteiger partial charge >= 0.3 is 6.09 Å². The number of ether oxygens (including phenoxy) is 1. The van der Waals surface area contributed by atoms with Crippen molar-refractivity contribution in [3.8, 4) is 12.1 Å². The summed E-state index contributed by atoms with van der Waals surface area (Å²) in [6.07, 6.45) is 6.54. The van der Waals surface area contributed by atoms with Gasteiger partial charge in [0.25, 0.3) is 0 Å². The van der Waals surface area contributed by atoms with Crippen LogP contribution in [0, 0.1) is 34.5 Å². The summed E-state index contributed by atoms with van der Waals surface area (Å²) in [5.41, 5.74) is 1.72. The number of nitrogens with zero attached hydrogens (tertiary/aromatic N) is 3. The number of carbonyl (C=O) groups is 1. The summed E-state index contributed by atoms with van der Waals surface area (Å²) in [5.74, 6) is -0.117. The maximum atomic E-state index is 13.2. The molecule has 1 aliphatic carbocycles. The van der Waals surface area contributed by atoms with E-state index >= 15 is 0 Å². The van der Waals surface area contributed by atoms with Gasteiger partial charge in [0.1, 0.15) is 23.3 Å². The van der Waals surface area contributed by atoms with E-state index in [9.17, 15) is 15.3 Å². The Kier molecular flexibility index (Phi) is 5.16. The average molecular weight is 402 g/mol. The third-order valence-electron chi connectivity index (χ3n) is 6.53. The number of allylic oxidation sites excluding steroid dienone is 3. The van der Waals surface area contributed by atoms with Crippen LogP contribution in [0.25, 0.3) is 0 Å². The Morgan fingerprint density at radius 3 is 2.40 bits per heavy atom. The fourth-order valence-electron chi connectivity index (χ4n) is 5.57. The molecule has 2 aliphatic heterocycles. The van der Waals surface area contributed by atoms with Crippen molar-refractivity contribution in [2.45, 2.75) is 63.6 Å². The second-order valence-electron chi connectivity index (χ2n) is 9.39. The molecule has 1 aromatic rings. The number of carbonyl (C=O) groups excluding carboxylic acids is 1. The molecule has 1 amide bonds. The highest BCUT2D eigenvalue weighted by molar-refractivity contribution is 5.71. The van der Waals surface area contributed by atoms with Gasteiger partial charge in [-0.15, -0.1) is 0 Å². The van der Waals surface area contributed by atoms with Crippen molar-refractivity contribution in [1.82, 2.24) is 4.90 Å². The topological polar surface area (TPSA) is 77.1 Å². The van der Waals surface area contributed by atoms with Crippen LogP contribution in [-0.2, 0) is 4.74 Å². The number of amides is 1. The molecule has 2 saturated heterocycles. The van der Waals surface area contributed by atoms with Crippen LogP contribution in [0.2, 0.25) is 0 Å². The lowest BCUT2D eigenvalue weighted by Gasteiger charge is -2.47. The molecule has 0 unspecified atom stereocenters. The largest absolute Gasteiger partial charge is 0.444 e. The van der Waals surface area contributed by atoms with Crippen LogP contribution in [0.15, 0.2) is 53.6 Å². The standard InChI is InChI=1S/C25H27N3O2/c1-25(2,3)30-24(29)28-20-12-13-21(28)23-18(16-8-5-4-6-9-16)10-7-11-19(20)22(23)17(14-26)15-27/h4-10,18-21,23H,11-13H2,1-3H3/t18-,19-,20-,21+,23+/m0/s1. The molecule has 2 fully saturated rings. The molecule has 30 heavy (non-hydrogen) atoms. The fraction of sp³-hybridized carbons (Fsp3) is 0.480. The van der Waals surface area contributed by atoms with Gasteiger partial charge in [0.15, 0.2) is 0 Å². The molecular formula is C25H27N3O2. The first kappa shape index (κ1) is 20.2. The van der Waals surface area contributed by atoms with E-state index in [0.29, 0.717) is 0 Å². The number of piperidine rings is 1. The van der Waals surface area contributed by atoms with Crippen molar-refractivity contribution in [1.29, 1.82) is 10.5 Å². The highest BCUT2D eigenvalue weighted by Gasteiger charge is 2.55. The summed E-state index contributed by atoms with van der Waals surface area (Å²) < 4.78 is 5.77. The van der Waals surface area contributed by atoms with Crippen LogP contribution in [0.1, 0.15) is 51.5 Å². The lowest BCUT2D eigenvalue weighted by Crippen LogP contribution is -2.55. The number of nitriles is 2. The van der Waals surface area contributed by atoms with Crippen molar-refractivity contribution in [2.75, 3.05) is 0 Å². The van der Waals surface area contributed by atoms with Crippen LogP contribution in [0.4, 0.5) is 4.79 Å². The second kappa shape index (κ2) is 7.65. The van der Waals surface area contributed by atoms with Crippen LogP contribution >= 0.6 is 0 Å². The molecule has 0 spiro atoms. The number of rotatable bonds is 1. The quantitative estimate of drug-likeness (QED) is 0.485. The Balaban J connectivity index is 1.86. The van der Waals surface area contributed by atoms with Crippen molar-refractivity contribution < 1.29 is 9.53 Å². The van der Waals surface area contributed by atoms with Crippen molar-refractivity contribution >= 4 is 6.09 Å². The van der Waals surface area contributed by atoms with E-state index in [0.717, 1.165) is 30.4 Å². The maximum Gasteiger partial charge on any atom is 0.410 e. The van der Waals surface area contributed by atoms with E-state index in [1.54, 1.807) is 0 Å². The molecule has 4 rings (SSSR count). The summed E-state index contributed by atoms with van der Waals surface area (Å²) >= 11 is 0. The first-order chi connectivity index (χ1) is 14.4. The molecule has 0 aromatic heterocycles. The van der Waals surface area contributed by atoms with Gasteiger partial charge in [-0.2, -0.15) is 10.5 Å². The zero-order valence-corrected chi connectivity index (χ0v) is 17.7. The lowest BCUT2D eigenvalue weighted by molar-refractivity contribution is -0.00260. The van der Waals surface area contributed by atoms with Crippen molar-refractivity contribution in [3.63, 3.8) is 0 Å². The van der Waals surface area contributed by atoms with E-state index in [1.165, 1.54) is 0 Å². The first-order valence-corrected chi connectivity index (χ1v) is 10.6. The fourth-order valence-corrected chi connectivity index (χ4v) is 5.57. The number of hydrogen-bond donors (Lipinski definition) is 0. The molecule has 5 atom stereocenters. The molecule has 154 valence electrons. The minimum atomic E-state index is -0.570. The molecule has 5 nitrogen and oxygen atoms in total. The van der Waals surface area contributed by atoms with Crippen LogP contribution < -0.4 is 0 Å². The van der Waals surface area contributed by atoms with Crippen LogP contribution in [-0.4, -0.2) is 28.7 Å². The molecular weight excluding hydrogens is 374 g/mol. The van der Waals surface area contributed by atoms with E-state index < -0.39 is 5.60 Å². The van der Waals surface area contributed by atoms with Crippen molar-refractivity contribution in [3.05, 3.63) is 59.2 Å². The van der Waals surface area contributed by atoms with Gasteiger partial charge in [-0.05, 0) is 51.2 Å². The summed E-state index contributed by atoms with van der Waals surface area (Å²) in [4.78, 5) is 15.1. The smallest absolute Gasteiger partial charge is 0.410 e. The Hall–Kier alpha value is -3.05. The number of fused-ring (bicyclic) bond motifs is 6. The normalized spacial score (nSPS) is 29.6. The molecule has 3 aliphatic rings. The summed E-state index contributed by atoms with van der Waals surface area (Å²) in [5, 5.41) is 19.5. The lowest BCUT2D eigenvalue weighted by atomic mass is 9.69. The van der Waals surface area contributed by atoms with Gasteiger partial charge < -0.3 is 9.64 Å². The van der Waals surface area contributed by atoms with Crippen molar-refractivity contribution in [2.24, 2.45) is 11.8 Å². The van der Waals surface area contributed by atoms with Gasteiger partial charge in [-0.25, -0.2) is 4.79 Å². The second-order valence-corrected chi connectivity index (χ2v) is 9.39. The average Bonchev–Trinajstić information content (AvgIpc) is 3.00. The Labute approximate surface area is 178 Å². The highest BCUT2D eigenvalue weighted by atomic mass is 16.6. The zero-order valence-electron chi connectivity index (χ0n) is 17.7. The van der Waals surface area contributed by atoms with Gasteiger partial charge in [0.05, 0.1) is 0 Å². The van der Waals surface area contributed by atoms with Crippen LogP contribution in [0.3, 0.4) is 0 Å². The third kappa shape index (κ3) is 3.39. The molecule has 2 heterocycles. The number of benzene rings is 1. The van der Waals surface area contributed by atoms with Gasteiger partial charge in [-0.3, -0.25) is 0 Å². The first-order valence-electron chi connectivity index (χ1n) is 10.6. The van der Waals surface area contributed by atoms with Crippen LogP contribution in [0.5, 0.6) is 0 Å². The predicted molar refractivity (Wildman–Crippen MR) is 113 cm³/mol. The zero-order chi connectivity index (χ0) is 21.5. The van der Waals surface area contributed by atoms with Gasteiger partial charge in [0.2, 0.25) is 0 Å². The molecule has 5 heteroatoms. The van der Waals surface area contributed by atoms with E-state index in [4.69, 9.17) is 4.74 Å². The van der Waals surface area contributed by atoms with E-state index in [1.807, 2.05) is 43.9 Å². The third-order valence-corrected chi connectivity index (χ3v) is 6.53. The van der Waals surface area contributed by atoms with E-state index in [2.05, 4.69) is 36.4 Å². The van der Waals surface area contributed by atoms with Gasteiger partial charge in [-0.1, -0.05) is 42.5 Å². The minimum Gasteiger partial charge on any atom is -0.444 e. The summed E-state index contributed by atoms with van der Waals surface area (Å²) in [6.45, 7) is 5.65. The number of hydrogen-bond acceptors (Lipinski definition) is 4. The highest BCUT2D eigenvalue weighted by Crippen LogP contribution is 2.54. The Bertz CT molecular complexity index is 958.